The van der Waals surface area contributed by atoms with Crippen LogP contribution in [-0.4, -0.2) is 28.9 Å². The van der Waals surface area contributed by atoms with E-state index in [2.05, 4.69) is 12.1 Å². The standard InChI is InChI=1S/C14H20N2O5/c1-2-3-4-5-6-7-8-9-10(14(19)20)11(16-21)13(18)15-12(9)17/h11H,2-8H2,1H3,(H,19,20)(H,15,17,18). The number of nitroso groups, excluding NO2 is 1. The first kappa shape index (κ1) is 17.0. The number of carbonyl (C=O) groups is 3. The third-order valence-corrected chi connectivity index (χ3v) is 3.47. The van der Waals surface area contributed by atoms with Crippen LogP contribution in [-0.2, 0) is 14.4 Å². The molecule has 1 heterocycles. The number of aliphatic carboxylic acids is 1. The van der Waals surface area contributed by atoms with Gasteiger partial charge in [-0.2, -0.15) is 0 Å². The summed E-state index contributed by atoms with van der Waals surface area (Å²) in [6.45, 7) is 2.11. The van der Waals surface area contributed by atoms with Gasteiger partial charge in [0.25, 0.3) is 11.8 Å². The largest absolute Gasteiger partial charge is 0.478 e. The molecule has 0 aromatic rings. The van der Waals surface area contributed by atoms with E-state index in [4.69, 9.17) is 5.11 Å². The van der Waals surface area contributed by atoms with Gasteiger partial charge in [-0.05, 0) is 12.8 Å². The highest BCUT2D eigenvalue weighted by atomic mass is 16.4. The molecule has 116 valence electrons. The van der Waals surface area contributed by atoms with Crippen molar-refractivity contribution >= 4 is 17.8 Å². The van der Waals surface area contributed by atoms with Gasteiger partial charge in [-0.25, -0.2) is 4.79 Å². The predicted molar refractivity (Wildman–Crippen MR) is 75.4 cm³/mol. The Hall–Kier alpha value is -2.05. The van der Waals surface area contributed by atoms with Crippen molar-refractivity contribution in [3.8, 4) is 0 Å². The summed E-state index contributed by atoms with van der Waals surface area (Å²) in [6.07, 6.45) is 6.14. The van der Waals surface area contributed by atoms with Crippen molar-refractivity contribution in [2.45, 2.75) is 57.9 Å². The highest BCUT2D eigenvalue weighted by Gasteiger charge is 2.39. The molecule has 0 saturated heterocycles. The molecule has 2 N–H and O–H groups in total. The molecule has 1 aliphatic rings. The van der Waals surface area contributed by atoms with Crippen LogP contribution in [0.4, 0.5) is 0 Å². The van der Waals surface area contributed by atoms with E-state index in [0.717, 1.165) is 32.1 Å². The van der Waals surface area contributed by atoms with Gasteiger partial charge in [-0.15, -0.1) is 4.91 Å². The molecule has 7 heteroatoms. The number of rotatable bonds is 9. The minimum atomic E-state index is -1.64. The van der Waals surface area contributed by atoms with Crippen LogP contribution in [0.25, 0.3) is 0 Å². The van der Waals surface area contributed by atoms with Crippen LogP contribution >= 0.6 is 0 Å². The summed E-state index contributed by atoms with van der Waals surface area (Å²) in [5, 5.41) is 13.6. The van der Waals surface area contributed by atoms with E-state index in [1.165, 1.54) is 0 Å². The van der Waals surface area contributed by atoms with Crippen LogP contribution in [0.15, 0.2) is 16.3 Å². The molecule has 0 spiro atoms. The lowest BCUT2D eigenvalue weighted by atomic mass is 9.92. The number of carbonyl (C=O) groups excluding carboxylic acids is 2. The number of amides is 2. The lowest BCUT2D eigenvalue weighted by Gasteiger charge is -2.20. The van der Waals surface area contributed by atoms with Gasteiger partial charge in [0.2, 0.25) is 6.04 Å². The molecule has 0 aromatic carbocycles. The van der Waals surface area contributed by atoms with Crippen LogP contribution < -0.4 is 5.32 Å². The fourth-order valence-corrected chi connectivity index (χ4v) is 2.35. The molecule has 1 unspecified atom stereocenters. The van der Waals surface area contributed by atoms with Gasteiger partial charge in [-0.1, -0.05) is 44.2 Å². The van der Waals surface area contributed by atoms with Gasteiger partial charge >= 0.3 is 5.97 Å². The highest BCUT2D eigenvalue weighted by Crippen LogP contribution is 2.23. The third kappa shape index (κ3) is 4.47. The van der Waals surface area contributed by atoms with E-state index in [1.807, 2.05) is 5.32 Å². The number of imide groups is 1. The second kappa shape index (κ2) is 8.28. The Labute approximate surface area is 122 Å². The quantitative estimate of drug-likeness (QED) is 0.383. The van der Waals surface area contributed by atoms with E-state index < -0.39 is 29.4 Å². The van der Waals surface area contributed by atoms with Crippen molar-refractivity contribution in [3.05, 3.63) is 16.1 Å². The molecule has 0 aliphatic carbocycles. The normalized spacial score (nSPS) is 18.6. The van der Waals surface area contributed by atoms with E-state index in [0.29, 0.717) is 6.42 Å². The Morgan fingerprint density at radius 2 is 1.81 bits per heavy atom. The number of carboxylic acid groups (broad SMARTS) is 1. The lowest BCUT2D eigenvalue weighted by Crippen LogP contribution is -2.46. The molecule has 1 atom stereocenters. The fourth-order valence-electron chi connectivity index (χ4n) is 2.35. The Balaban J connectivity index is 2.75. The van der Waals surface area contributed by atoms with E-state index in [-0.39, 0.29) is 12.0 Å². The zero-order valence-corrected chi connectivity index (χ0v) is 12.1. The van der Waals surface area contributed by atoms with Crippen molar-refractivity contribution in [3.63, 3.8) is 0 Å². The van der Waals surface area contributed by atoms with E-state index >= 15 is 0 Å². The molecule has 0 bridgehead atoms. The van der Waals surface area contributed by atoms with E-state index in [9.17, 15) is 19.3 Å². The number of unbranched alkanes of at least 4 members (excludes halogenated alkanes) is 5. The van der Waals surface area contributed by atoms with Crippen molar-refractivity contribution < 1.29 is 19.5 Å². The second-order valence-electron chi connectivity index (χ2n) is 5.04. The smallest absolute Gasteiger partial charge is 0.334 e. The summed E-state index contributed by atoms with van der Waals surface area (Å²) in [7, 11) is 0. The van der Waals surface area contributed by atoms with Crippen molar-refractivity contribution in [1.29, 1.82) is 0 Å². The van der Waals surface area contributed by atoms with E-state index in [1.54, 1.807) is 0 Å². The predicted octanol–water partition coefficient (Wildman–Crippen LogP) is 1.91. The first-order valence-electron chi connectivity index (χ1n) is 7.16. The number of hydrogen-bond acceptors (Lipinski definition) is 5. The maximum atomic E-state index is 11.8. The van der Waals surface area contributed by atoms with Crippen LogP contribution in [0.2, 0.25) is 0 Å². The molecule has 7 nitrogen and oxygen atoms in total. The summed E-state index contributed by atoms with van der Waals surface area (Å²) < 4.78 is 0. The summed E-state index contributed by atoms with van der Waals surface area (Å²) in [6, 6.07) is -1.64. The van der Waals surface area contributed by atoms with Gasteiger partial charge in [-0.3, -0.25) is 14.9 Å². The number of hydrogen-bond donors (Lipinski definition) is 2. The zero-order chi connectivity index (χ0) is 15.8. The van der Waals surface area contributed by atoms with Crippen molar-refractivity contribution in [2.75, 3.05) is 0 Å². The Kier molecular flexibility index (Phi) is 6.71. The average Bonchev–Trinajstić information content (AvgIpc) is 2.43. The number of nitrogens with one attached hydrogen (secondary N) is 1. The molecular weight excluding hydrogens is 276 g/mol. The summed E-state index contributed by atoms with van der Waals surface area (Å²) in [5.74, 6) is -3.14. The van der Waals surface area contributed by atoms with Gasteiger partial charge < -0.3 is 5.11 Å². The topological polar surface area (TPSA) is 113 Å². The molecule has 1 aliphatic heterocycles. The maximum Gasteiger partial charge on any atom is 0.334 e. The monoisotopic (exact) mass is 296 g/mol. The Morgan fingerprint density at radius 3 is 2.38 bits per heavy atom. The van der Waals surface area contributed by atoms with Crippen molar-refractivity contribution in [1.82, 2.24) is 5.32 Å². The summed E-state index contributed by atoms with van der Waals surface area (Å²) >= 11 is 0. The molecular formula is C14H20N2O5. The number of carboxylic acids is 1. The molecule has 0 saturated carbocycles. The summed E-state index contributed by atoms with van der Waals surface area (Å²) in [5.41, 5.74) is -0.491. The first-order chi connectivity index (χ1) is 10.0. The van der Waals surface area contributed by atoms with Crippen molar-refractivity contribution in [2.24, 2.45) is 5.18 Å². The first-order valence-corrected chi connectivity index (χ1v) is 7.16. The Morgan fingerprint density at radius 1 is 1.19 bits per heavy atom. The molecule has 0 radical (unpaired) electrons. The number of nitrogens with zero attached hydrogens (tertiary/aromatic N) is 1. The third-order valence-electron chi connectivity index (χ3n) is 3.47. The van der Waals surface area contributed by atoms with Crippen LogP contribution in [0.1, 0.15) is 51.9 Å². The fraction of sp³-hybridized carbons (Fsp3) is 0.643. The van der Waals surface area contributed by atoms with Crippen LogP contribution in [0.3, 0.4) is 0 Å². The maximum absolute atomic E-state index is 11.8. The van der Waals surface area contributed by atoms with Gasteiger partial charge in [0.15, 0.2) is 0 Å². The lowest BCUT2D eigenvalue weighted by molar-refractivity contribution is -0.137. The van der Waals surface area contributed by atoms with Crippen LogP contribution in [0, 0.1) is 4.91 Å². The van der Waals surface area contributed by atoms with Gasteiger partial charge in [0, 0.05) is 5.57 Å². The second-order valence-corrected chi connectivity index (χ2v) is 5.04. The SMILES string of the molecule is CCCCCCCCC1=C(C(=O)O)C(N=O)C(=O)NC1=O. The minimum absolute atomic E-state index is 0.0119. The summed E-state index contributed by atoms with van der Waals surface area (Å²) in [4.78, 5) is 45.0. The van der Waals surface area contributed by atoms with Gasteiger partial charge in [0.1, 0.15) is 0 Å². The molecule has 0 aromatic heterocycles. The molecule has 1 rings (SSSR count). The van der Waals surface area contributed by atoms with Gasteiger partial charge in [0.05, 0.1) is 5.57 Å². The van der Waals surface area contributed by atoms with Crippen LogP contribution in [0.5, 0.6) is 0 Å². The Bertz CT molecular complexity index is 470. The average molecular weight is 296 g/mol. The zero-order valence-electron chi connectivity index (χ0n) is 12.1. The highest BCUT2D eigenvalue weighted by molar-refractivity contribution is 6.17. The molecule has 0 fully saturated rings. The molecule has 21 heavy (non-hydrogen) atoms. The minimum Gasteiger partial charge on any atom is -0.478 e. The molecule has 2 amide bonds.